The average Bonchev–Trinajstić information content (AvgIpc) is 2.99. The SMILES string of the molecule is CC1=NN(CCCC(=O)O)C(=O)/C1=N\Nc1cccc(-c2ccccc2C(F)(F)F)c1O. The maximum Gasteiger partial charge on any atom is 0.417 e. The van der Waals surface area contributed by atoms with E-state index in [1.807, 2.05) is 0 Å². The van der Waals surface area contributed by atoms with Gasteiger partial charge in [-0.3, -0.25) is 15.0 Å². The van der Waals surface area contributed by atoms with Gasteiger partial charge in [0.1, 0.15) is 5.75 Å². The molecule has 0 atom stereocenters. The predicted molar refractivity (Wildman–Crippen MR) is 111 cm³/mol. The third kappa shape index (κ3) is 4.88. The number of hydrogen-bond acceptors (Lipinski definition) is 6. The van der Waals surface area contributed by atoms with Crippen molar-refractivity contribution in [3.63, 3.8) is 0 Å². The number of amides is 1. The molecule has 1 aliphatic heterocycles. The summed E-state index contributed by atoms with van der Waals surface area (Å²) < 4.78 is 40.1. The fourth-order valence-corrected chi connectivity index (χ4v) is 3.14. The summed E-state index contributed by atoms with van der Waals surface area (Å²) in [5.74, 6) is -2.01. The highest BCUT2D eigenvalue weighted by atomic mass is 19.4. The van der Waals surface area contributed by atoms with Crippen LogP contribution in [0.15, 0.2) is 52.7 Å². The summed E-state index contributed by atoms with van der Waals surface area (Å²) in [5.41, 5.74) is 1.58. The molecule has 3 rings (SSSR count). The highest BCUT2D eigenvalue weighted by molar-refractivity contribution is 6.68. The molecule has 1 amide bonds. The number of nitrogens with zero attached hydrogens (tertiary/aromatic N) is 3. The van der Waals surface area contributed by atoms with Gasteiger partial charge in [-0.1, -0.05) is 30.3 Å². The van der Waals surface area contributed by atoms with Crippen molar-refractivity contribution in [2.45, 2.75) is 25.9 Å². The highest BCUT2D eigenvalue weighted by Gasteiger charge is 2.34. The van der Waals surface area contributed by atoms with Crippen molar-refractivity contribution in [1.82, 2.24) is 5.01 Å². The molecule has 8 nitrogen and oxygen atoms in total. The first-order chi connectivity index (χ1) is 15.1. The number of benzene rings is 2. The van der Waals surface area contributed by atoms with Crippen LogP contribution in [0.1, 0.15) is 25.3 Å². The molecule has 32 heavy (non-hydrogen) atoms. The largest absolute Gasteiger partial charge is 0.505 e. The number of para-hydroxylation sites is 1. The number of aliphatic carboxylic acids is 1. The van der Waals surface area contributed by atoms with Crippen LogP contribution in [0.4, 0.5) is 18.9 Å². The second-order valence-electron chi connectivity index (χ2n) is 6.93. The Hall–Kier alpha value is -3.89. The van der Waals surface area contributed by atoms with E-state index in [2.05, 4.69) is 15.6 Å². The Kier molecular flexibility index (Phi) is 6.47. The summed E-state index contributed by atoms with van der Waals surface area (Å²) in [6.45, 7) is 1.63. The second kappa shape index (κ2) is 9.08. The summed E-state index contributed by atoms with van der Waals surface area (Å²) >= 11 is 0. The minimum Gasteiger partial charge on any atom is -0.505 e. The minimum atomic E-state index is -4.61. The number of nitrogens with one attached hydrogen (secondary N) is 1. The van der Waals surface area contributed by atoms with Crippen molar-refractivity contribution in [1.29, 1.82) is 0 Å². The highest BCUT2D eigenvalue weighted by Crippen LogP contribution is 2.42. The second-order valence-corrected chi connectivity index (χ2v) is 6.93. The van der Waals surface area contributed by atoms with Crippen LogP contribution in [0.2, 0.25) is 0 Å². The van der Waals surface area contributed by atoms with Gasteiger partial charge in [-0.15, -0.1) is 0 Å². The van der Waals surface area contributed by atoms with E-state index < -0.39 is 29.4 Å². The van der Waals surface area contributed by atoms with E-state index in [-0.39, 0.29) is 47.6 Å². The lowest BCUT2D eigenvalue weighted by atomic mass is 9.98. The van der Waals surface area contributed by atoms with Crippen LogP contribution < -0.4 is 5.43 Å². The Balaban J connectivity index is 1.84. The molecule has 2 aromatic rings. The number of phenolic OH excluding ortho intramolecular Hbond substituents is 1. The molecule has 168 valence electrons. The van der Waals surface area contributed by atoms with Crippen LogP contribution in [-0.4, -0.2) is 45.1 Å². The van der Waals surface area contributed by atoms with Crippen LogP contribution >= 0.6 is 0 Å². The molecule has 0 saturated heterocycles. The topological polar surface area (TPSA) is 115 Å². The quantitative estimate of drug-likeness (QED) is 0.439. The van der Waals surface area contributed by atoms with Crippen LogP contribution in [-0.2, 0) is 15.8 Å². The Bertz CT molecular complexity index is 1110. The monoisotopic (exact) mass is 448 g/mol. The van der Waals surface area contributed by atoms with Gasteiger partial charge in [0, 0.05) is 18.5 Å². The molecule has 11 heteroatoms. The number of carbonyl (C=O) groups excluding carboxylic acids is 1. The van der Waals surface area contributed by atoms with Crippen molar-refractivity contribution >= 4 is 29.0 Å². The number of rotatable bonds is 7. The van der Waals surface area contributed by atoms with Gasteiger partial charge >= 0.3 is 12.1 Å². The van der Waals surface area contributed by atoms with Gasteiger partial charge in [-0.2, -0.15) is 23.4 Å². The Morgan fingerprint density at radius 2 is 1.84 bits per heavy atom. The molecule has 0 unspecified atom stereocenters. The molecule has 0 aromatic heterocycles. The maximum absolute atomic E-state index is 13.4. The van der Waals surface area contributed by atoms with E-state index in [0.29, 0.717) is 0 Å². The molecule has 3 N–H and O–H groups in total. The third-order valence-corrected chi connectivity index (χ3v) is 4.66. The summed E-state index contributed by atoms with van der Waals surface area (Å²) in [5, 5.41) is 28.4. The molecule has 1 aliphatic rings. The van der Waals surface area contributed by atoms with Gasteiger partial charge in [-0.25, -0.2) is 5.01 Å². The molecular formula is C21H19F3N4O4. The van der Waals surface area contributed by atoms with E-state index in [0.717, 1.165) is 11.1 Å². The fraction of sp³-hybridized carbons (Fsp3) is 0.238. The number of aromatic hydroxyl groups is 1. The Morgan fingerprint density at radius 1 is 1.16 bits per heavy atom. The predicted octanol–water partition coefficient (Wildman–Crippen LogP) is 3.93. The lowest BCUT2D eigenvalue weighted by Crippen LogP contribution is -2.29. The number of halogens is 3. The lowest BCUT2D eigenvalue weighted by molar-refractivity contribution is -0.138. The number of anilines is 1. The molecule has 0 saturated carbocycles. The van der Waals surface area contributed by atoms with Crippen LogP contribution in [0.3, 0.4) is 0 Å². The first kappa shape index (κ1) is 22.8. The van der Waals surface area contributed by atoms with Crippen molar-refractivity contribution < 1.29 is 33.0 Å². The number of hydrazone groups is 2. The van der Waals surface area contributed by atoms with E-state index >= 15 is 0 Å². The van der Waals surface area contributed by atoms with Gasteiger partial charge in [0.15, 0.2) is 5.71 Å². The zero-order valence-corrected chi connectivity index (χ0v) is 16.8. The minimum absolute atomic E-state index is 0.00287. The molecule has 2 aromatic carbocycles. The Morgan fingerprint density at radius 3 is 2.53 bits per heavy atom. The Labute approximate surface area is 180 Å². The number of carboxylic acids is 1. The number of phenols is 1. The molecule has 1 heterocycles. The lowest BCUT2D eigenvalue weighted by Gasteiger charge is -2.15. The average molecular weight is 448 g/mol. The summed E-state index contributed by atoms with van der Waals surface area (Å²) in [6.07, 6.45) is -4.52. The maximum atomic E-state index is 13.4. The van der Waals surface area contributed by atoms with E-state index in [4.69, 9.17) is 5.11 Å². The number of alkyl halides is 3. The first-order valence-electron chi connectivity index (χ1n) is 9.51. The number of carboxylic acid groups (broad SMARTS) is 1. The van der Waals surface area contributed by atoms with Gasteiger partial charge in [0.2, 0.25) is 0 Å². The summed E-state index contributed by atoms with van der Waals surface area (Å²) in [6, 6.07) is 9.05. The number of hydrogen-bond donors (Lipinski definition) is 3. The van der Waals surface area contributed by atoms with Gasteiger partial charge < -0.3 is 10.2 Å². The summed E-state index contributed by atoms with van der Waals surface area (Å²) in [7, 11) is 0. The van der Waals surface area contributed by atoms with Crippen LogP contribution in [0, 0.1) is 0 Å². The molecule has 0 aliphatic carbocycles. The van der Waals surface area contributed by atoms with E-state index in [1.54, 1.807) is 0 Å². The van der Waals surface area contributed by atoms with E-state index in [1.165, 1.54) is 43.3 Å². The van der Waals surface area contributed by atoms with Crippen molar-refractivity contribution in [3.05, 3.63) is 48.0 Å². The van der Waals surface area contributed by atoms with Crippen molar-refractivity contribution in [2.75, 3.05) is 12.0 Å². The third-order valence-electron chi connectivity index (χ3n) is 4.66. The zero-order valence-electron chi connectivity index (χ0n) is 16.8. The standard InChI is InChI=1S/C21H19F3N4O4/c1-12-18(20(32)28(27-12)11-5-10-17(29)30)26-25-16-9-4-7-14(19(16)31)13-6-2-3-8-15(13)21(22,23)24/h2-4,6-9,25,31H,5,10-11H2,1H3,(H,29,30)/b26-18-. The van der Waals surface area contributed by atoms with Crippen LogP contribution in [0.25, 0.3) is 11.1 Å². The van der Waals surface area contributed by atoms with Crippen molar-refractivity contribution in [3.8, 4) is 16.9 Å². The molecule has 0 radical (unpaired) electrons. The van der Waals surface area contributed by atoms with Crippen LogP contribution in [0.5, 0.6) is 5.75 Å². The fourth-order valence-electron chi connectivity index (χ4n) is 3.14. The van der Waals surface area contributed by atoms with E-state index in [9.17, 15) is 27.9 Å². The van der Waals surface area contributed by atoms with Gasteiger partial charge in [-0.05, 0) is 31.0 Å². The normalized spacial score (nSPS) is 15.2. The molecule has 0 bridgehead atoms. The smallest absolute Gasteiger partial charge is 0.417 e. The van der Waals surface area contributed by atoms with Gasteiger partial charge in [0.25, 0.3) is 5.91 Å². The van der Waals surface area contributed by atoms with Crippen molar-refractivity contribution in [2.24, 2.45) is 10.2 Å². The van der Waals surface area contributed by atoms with Gasteiger partial charge in [0.05, 0.1) is 17.0 Å². The first-order valence-corrected chi connectivity index (χ1v) is 9.51. The molecular weight excluding hydrogens is 429 g/mol. The number of carbonyl (C=O) groups is 2. The molecule has 0 fully saturated rings. The zero-order chi connectivity index (χ0) is 23.5. The summed E-state index contributed by atoms with van der Waals surface area (Å²) in [4.78, 5) is 23.1. The molecule has 0 spiro atoms.